The average molecular weight is 424 g/mol. The molecule has 0 spiro atoms. The molecule has 0 heterocycles. The predicted octanol–water partition coefficient (Wildman–Crippen LogP) is 5.48. The predicted molar refractivity (Wildman–Crippen MR) is 110 cm³/mol. The summed E-state index contributed by atoms with van der Waals surface area (Å²) in [6.07, 6.45) is -1.15. The van der Waals surface area contributed by atoms with Crippen molar-refractivity contribution in [1.29, 1.82) is 0 Å². The minimum Gasteiger partial charge on any atom is -0.497 e. The van der Waals surface area contributed by atoms with Crippen molar-refractivity contribution in [3.8, 4) is 11.5 Å². The molecule has 1 saturated carbocycles. The summed E-state index contributed by atoms with van der Waals surface area (Å²) >= 11 is 5.49. The Morgan fingerprint density at radius 3 is 2.38 bits per heavy atom. The topological polar surface area (TPSA) is 42.5 Å². The van der Waals surface area contributed by atoms with Gasteiger partial charge >= 0.3 is 6.18 Å². The lowest BCUT2D eigenvalue weighted by Crippen LogP contribution is -2.45. The number of nitrogens with one attached hydrogen (secondary N) is 2. The normalized spacial score (nSPS) is 15.6. The largest absolute Gasteiger partial charge is 0.497 e. The number of anilines is 1. The first-order chi connectivity index (χ1) is 13.8. The molecule has 1 fully saturated rings. The first kappa shape index (κ1) is 21.2. The summed E-state index contributed by atoms with van der Waals surface area (Å²) in [5.74, 6) is 1.19. The van der Waals surface area contributed by atoms with E-state index in [9.17, 15) is 13.2 Å². The molecule has 8 heteroatoms. The second-order valence-corrected chi connectivity index (χ2v) is 7.42. The van der Waals surface area contributed by atoms with Crippen LogP contribution in [0.2, 0.25) is 0 Å². The molecular formula is C21H23F3N2O2S. The van der Waals surface area contributed by atoms with Gasteiger partial charge in [0.2, 0.25) is 0 Å². The molecule has 4 nitrogen and oxygen atoms in total. The third kappa shape index (κ3) is 4.75. The Bertz CT molecular complexity index is 880. The maximum absolute atomic E-state index is 13.2. The van der Waals surface area contributed by atoms with Gasteiger partial charge in [0.1, 0.15) is 11.5 Å². The monoisotopic (exact) mass is 424 g/mol. The van der Waals surface area contributed by atoms with E-state index in [-0.39, 0.29) is 0 Å². The molecular weight excluding hydrogens is 401 g/mol. The standard InChI is InChI=1S/C21H23F3N2O2S/c1-27-16-8-9-17(18(13-16)28-2)25-19(29)26-20(10-3-4-11-20)14-6-5-7-15(12-14)21(22,23)24/h5-9,12-13H,3-4,10-11H2,1-2H3,(H2,25,26,29). The molecule has 1 aliphatic carbocycles. The van der Waals surface area contributed by atoms with E-state index in [1.807, 2.05) is 0 Å². The van der Waals surface area contributed by atoms with E-state index in [1.165, 1.54) is 19.2 Å². The lowest BCUT2D eigenvalue weighted by Gasteiger charge is -2.33. The summed E-state index contributed by atoms with van der Waals surface area (Å²) in [6, 6.07) is 10.7. The minimum absolute atomic E-state index is 0.327. The lowest BCUT2D eigenvalue weighted by molar-refractivity contribution is -0.137. The highest BCUT2D eigenvalue weighted by molar-refractivity contribution is 7.80. The Balaban J connectivity index is 1.83. The van der Waals surface area contributed by atoms with Gasteiger partial charge in [-0.2, -0.15) is 13.2 Å². The number of alkyl halides is 3. The maximum Gasteiger partial charge on any atom is 0.416 e. The average Bonchev–Trinajstić information content (AvgIpc) is 3.17. The summed E-state index contributed by atoms with van der Waals surface area (Å²) in [5, 5.41) is 6.71. The molecule has 0 atom stereocenters. The van der Waals surface area contributed by atoms with Crippen LogP contribution >= 0.6 is 12.2 Å². The zero-order valence-electron chi connectivity index (χ0n) is 16.2. The summed E-state index contributed by atoms with van der Waals surface area (Å²) < 4.78 is 50.1. The zero-order valence-corrected chi connectivity index (χ0v) is 17.0. The summed E-state index contributed by atoms with van der Waals surface area (Å²) in [7, 11) is 3.10. The van der Waals surface area contributed by atoms with Crippen molar-refractivity contribution in [2.45, 2.75) is 37.4 Å². The molecule has 0 bridgehead atoms. The van der Waals surface area contributed by atoms with E-state index >= 15 is 0 Å². The van der Waals surface area contributed by atoms with Gasteiger partial charge in [-0.15, -0.1) is 0 Å². The number of hydrogen-bond donors (Lipinski definition) is 2. The van der Waals surface area contributed by atoms with Gasteiger partial charge in [0, 0.05) is 6.07 Å². The van der Waals surface area contributed by atoms with Crippen molar-refractivity contribution in [2.24, 2.45) is 0 Å². The second-order valence-electron chi connectivity index (χ2n) is 7.01. The molecule has 2 aromatic rings. The van der Waals surface area contributed by atoms with Crippen LogP contribution in [0.15, 0.2) is 42.5 Å². The SMILES string of the molecule is COc1ccc(NC(=S)NC2(c3cccc(C(F)(F)F)c3)CCCC2)c(OC)c1. The Labute approximate surface area is 173 Å². The van der Waals surface area contributed by atoms with Crippen LogP contribution in [0.1, 0.15) is 36.8 Å². The number of benzene rings is 2. The zero-order chi connectivity index (χ0) is 21.1. The van der Waals surface area contributed by atoms with Crippen molar-refractivity contribution >= 4 is 23.0 Å². The fourth-order valence-corrected chi connectivity index (χ4v) is 4.04. The van der Waals surface area contributed by atoms with Gasteiger partial charge in [-0.25, -0.2) is 0 Å². The molecule has 2 aromatic carbocycles. The highest BCUT2D eigenvalue weighted by Crippen LogP contribution is 2.41. The fraction of sp³-hybridized carbons (Fsp3) is 0.381. The Hall–Kier alpha value is -2.48. The summed E-state index contributed by atoms with van der Waals surface area (Å²) in [5.41, 5.74) is -0.0529. The van der Waals surface area contributed by atoms with E-state index in [2.05, 4.69) is 10.6 Å². The molecule has 0 saturated heterocycles. The van der Waals surface area contributed by atoms with Gasteiger partial charge in [0.05, 0.1) is 31.0 Å². The van der Waals surface area contributed by atoms with Crippen LogP contribution in [0, 0.1) is 0 Å². The van der Waals surface area contributed by atoms with Crippen LogP contribution in [0.3, 0.4) is 0 Å². The number of hydrogen-bond acceptors (Lipinski definition) is 3. The molecule has 0 amide bonds. The van der Waals surface area contributed by atoms with Gasteiger partial charge in [-0.3, -0.25) is 0 Å². The number of rotatable bonds is 5. The van der Waals surface area contributed by atoms with Crippen LogP contribution < -0.4 is 20.1 Å². The molecule has 3 rings (SSSR count). The minimum atomic E-state index is -4.38. The fourth-order valence-electron chi connectivity index (χ4n) is 3.73. The van der Waals surface area contributed by atoms with Gasteiger partial charge in [-0.05, 0) is 54.9 Å². The molecule has 0 radical (unpaired) electrons. The highest BCUT2D eigenvalue weighted by atomic mass is 32.1. The number of methoxy groups -OCH3 is 2. The molecule has 0 aromatic heterocycles. The van der Waals surface area contributed by atoms with Crippen LogP contribution in [-0.2, 0) is 11.7 Å². The van der Waals surface area contributed by atoms with Crippen molar-refractivity contribution in [3.05, 3.63) is 53.6 Å². The second kappa shape index (κ2) is 8.49. The van der Waals surface area contributed by atoms with Crippen LogP contribution in [0.4, 0.5) is 18.9 Å². The molecule has 1 aliphatic rings. The van der Waals surface area contributed by atoms with E-state index in [0.717, 1.165) is 18.9 Å². The maximum atomic E-state index is 13.2. The van der Waals surface area contributed by atoms with E-state index in [1.54, 1.807) is 31.4 Å². The van der Waals surface area contributed by atoms with E-state index in [0.29, 0.717) is 40.7 Å². The van der Waals surface area contributed by atoms with Crippen molar-refractivity contribution in [3.63, 3.8) is 0 Å². The van der Waals surface area contributed by atoms with Crippen molar-refractivity contribution in [2.75, 3.05) is 19.5 Å². The van der Waals surface area contributed by atoms with Crippen LogP contribution in [0.25, 0.3) is 0 Å². The van der Waals surface area contributed by atoms with Crippen molar-refractivity contribution in [1.82, 2.24) is 5.32 Å². The first-order valence-electron chi connectivity index (χ1n) is 9.26. The van der Waals surface area contributed by atoms with Crippen LogP contribution in [-0.4, -0.2) is 19.3 Å². The van der Waals surface area contributed by atoms with Crippen molar-refractivity contribution < 1.29 is 22.6 Å². The third-order valence-corrected chi connectivity index (χ3v) is 5.41. The molecule has 29 heavy (non-hydrogen) atoms. The number of ether oxygens (including phenoxy) is 2. The number of halogens is 3. The molecule has 0 aliphatic heterocycles. The summed E-state index contributed by atoms with van der Waals surface area (Å²) in [4.78, 5) is 0. The molecule has 156 valence electrons. The molecule has 2 N–H and O–H groups in total. The smallest absolute Gasteiger partial charge is 0.416 e. The van der Waals surface area contributed by atoms with Gasteiger partial charge in [0.25, 0.3) is 0 Å². The first-order valence-corrected chi connectivity index (χ1v) is 9.67. The Kier molecular flexibility index (Phi) is 6.21. The van der Waals surface area contributed by atoms with Gasteiger partial charge in [0.15, 0.2) is 5.11 Å². The summed E-state index contributed by atoms with van der Waals surface area (Å²) in [6.45, 7) is 0. The van der Waals surface area contributed by atoms with Gasteiger partial charge in [-0.1, -0.05) is 25.0 Å². The van der Waals surface area contributed by atoms with Gasteiger partial charge < -0.3 is 20.1 Å². The highest BCUT2D eigenvalue weighted by Gasteiger charge is 2.38. The Morgan fingerprint density at radius 2 is 1.76 bits per heavy atom. The van der Waals surface area contributed by atoms with Crippen LogP contribution in [0.5, 0.6) is 11.5 Å². The van der Waals surface area contributed by atoms with E-state index in [4.69, 9.17) is 21.7 Å². The quantitative estimate of drug-likeness (QED) is 0.623. The van der Waals surface area contributed by atoms with E-state index < -0.39 is 17.3 Å². The Morgan fingerprint density at radius 1 is 1.03 bits per heavy atom. The molecule has 0 unspecified atom stereocenters. The number of thiocarbonyl (C=S) groups is 1. The third-order valence-electron chi connectivity index (χ3n) is 5.21. The lowest BCUT2D eigenvalue weighted by atomic mass is 9.87.